The molecule has 1 heterocycles. The Labute approximate surface area is 117 Å². The average molecular weight is 271 g/mol. The molecule has 1 aromatic heterocycles. The lowest BCUT2D eigenvalue weighted by molar-refractivity contribution is 0.266. The van der Waals surface area contributed by atoms with E-state index in [0.29, 0.717) is 30.3 Å². The molecule has 0 spiro atoms. The van der Waals surface area contributed by atoms with Crippen LogP contribution in [0.2, 0.25) is 0 Å². The summed E-state index contributed by atoms with van der Waals surface area (Å²) in [6.45, 7) is 2.77. The van der Waals surface area contributed by atoms with E-state index in [9.17, 15) is 0 Å². The molecular weight excluding hydrogens is 254 g/mol. The monoisotopic (exact) mass is 271 g/mol. The molecule has 5 heteroatoms. The molecule has 0 aliphatic carbocycles. The topological polar surface area (TPSA) is 81.2 Å². The Morgan fingerprint density at radius 2 is 2.05 bits per heavy atom. The van der Waals surface area contributed by atoms with Gasteiger partial charge >= 0.3 is 0 Å². The molecule has 1 aromatic carbocycles. The van der Waals surface area contributed by atoms with Crippen molar-refractivity contribution in [3.8, 4) is 11.5 Å². The van der Waals surface area contributed by atoms with Gasteiger partial charge in [0, 0.05) is 11.8 Å². The van der Waals surface area contributed by atoms with Crippen LogP contribution in [0, 0.1) is 5.41 Å². The van der Waals surface area contributed by atoms with Gasteiger partial charge in [0.05, 0.1) is 12.3 Å². The van der Waals surface area contributed by atoms with Crippen molar-refractivity contribution in [2.45, 2.75) is 13.5 Å². The summed E-state index contributed by atoms with van der Waals surface area (Å²) in [6.07, 6.45) is 1.72. The molecule has 0 aliphatic rings. The van der Waals surface area contributed by atoms with Crippen molar-refractivity contribution < 1.29 is 9.47 Å². The minimum atomic E-state index is 0.00206. The number of rotatable bonds is 6. The molecule has 20 heavy (non-hydrogen) atoms. The van der Waals surface area contributed by atoms with Crippen molar-refractivity contribution in [1.82, 2.24) is 4.98 Å². The first-order valence-electron chi connectivity index (χ1n) is 6.34. The third-order valence-electron chi connectivity index (χ3n) is 2.66. The molecule has 0 atom stereocenters. The number of aromatic nitrogens is 1. The summed E-state index contributed by atoms with van der Waals surface area (Å²) < 4.78 is 11.2. The van der Waals surface area contributed by atoms with Crippen molar-refractivity contribution in [3.05, 3.63) is 53.9 Å². The highest BCUT2D eigenvalue weighted by molar-refractivity contribution is 5.95. The van der Waals surface area contributed by atoms with E-state index in [2.05, 4.69) is 4.98 Å². The van der Waals surface area contributed by atoms with E-state index in [0.717, 1.165) is 5.69 Å². The number of nitrogens with two attached hydrogens (primary N) is 1. The lowest BCUT2D eigenvalue weighted by Gasteiger charge is -2.12. The summed E-state index contributed by atoms with van der Waals surface area (Å²) >= 11 is 0. The number of hydrogen-bond donors (Lipinski definition) is 2. The van der Waals surface area contributed by atoms with Crippen LogP contribution < -0.4 is 15.2 Å². The van der Waals surface area contributed by atoms with E-state index in [-0.39, 0.29) is 5.84 Å². The van der Waals surface area contributed by atoms with Crippen molar-refractivity contribution in [1.29, 1.82) is 5.41 Å². The van der Waals surface area contributed by atoms with Gasteiger partial charge in [0.2, 0.25) is 0 Å². The van der Waals surface area contributed by atoms with E-state index >= 15 is 0 Å². The van der Waals surface area contributed by atoms with Gasteiger partial charge in [-0.1, -0.05) is 6.07 Å². The van der Waals surface area contributed by atoms with Gasteiger partial charge < -0.3 is 15.2 Å². The SMILES string of the molecule is CCOc1cc(C(=N)N)ccc1OCc1ccccn1. The summed E-state index contributed by atoms with van der Waals surface area (Å²) in [5.41, 5.74) is 6.92. The van der Waals surface area contributed by atoms with Crippen LogP contribution in [0.25, 0.3) is 0 Å². The second-order valence-corrected chi connectivity index (χ2v) is 4.12. The predicted molar refractivity (Wildman–Crippen MR) is 77.2 cm³/mol. The van der Waals surface area contributed by atoms with Gasteiger partial charge in [0.25, 0.3) is 0 Å². The smallest absolute Gasteiger partial charge is 0.161 e. The molecule has 0 bridgehead atoms. The number of nitrogen functional groups attached to an aromatic ring is 1. The third-order valence-corrected chi connectivity index (χ3v) is 2.66. The highest BCUT2D eigenvalue weighted by Crippen LogP contribution is 2.29. The molecule has 0 unspecified atom stereocenters. The van der Waals surface area contributed by atoms with E-state index in [1.807, 2.05) is 25.1 Å². The maximum absolute atomic E-state index is 7.44. The number of pyridine rings is 1. The number of amidine groups is 1. The molecule has 0 radical (unpaired) electrons. The molecular formula is C15H17N3O2. The minimum Gasteiger partial charge on any atom is -0.490 e. The number of nitrogens with zero attached hydrogens (tertiary/aromatic N) is 1. The largest absolute Gasteiger partial charge is 0.490 e. The van der Waals surface area contributed by atoms with Gasteiger partial charge in [-0.05, 0) is 37.3 Å². The Bertz CT molecular complexity index is 585. The fourth-order valence-corrected chi connectivity index (χ4v) is 1.70. The summed E-state index contributed by atoms with van der Waals surface area (Å²) in [7, 11) is 0. The zero-order valence-corrected chi connectivity index (χ0v) is 11.3. The fraction of sp³-hybridized carbons (Fsp3) is 0.200. The number of nitrogens with one attached hydrogen (secondary N) is 1. The van der Waals surface area contributed by atoms with Crippen LogP contribution in [0.1, 0.15) is 18.2 Å². The Morgan fingerprint density at radius 1 is 1.20 bits per heavy atom. The van der Waals surface area contributed by atoms with E-state index in [4.69, 9.17) is 20.6 Å². The number of ether oxygens (including phenoxy) is 2. The summed E-state index contributed by atoms with van der Waals surface area (Å²) in [5.74, 6) is 1.20. The first-order valence-corrected chi connectivity index (χ1v) is 6.34. The fourth-order valence-electron chi connectivity index (χ4n) is 1.70. The molecule has 5 nitrogen and oxygen atoms in total. The Kier molecular flexibility index (Phi) is 4.55. The highest BCUT2D eigenvalue weighted by atomic mass is 16.5. The molecule has 2 rings (SSSR count). The first kappa shape index (κ1) is 13.9. The predicted octanol–water partition coefficient (Wildman–Crippen LogP) is 2.34. The van der Waals surface area contributed by atoms with Crippen LogP contribution in [0.15, 0.2) is 42.6 Å². The molecule has 0 amide bonds. The molecule has 0 fully saturated rings. The number of benzene rings is 1. The Hall–Kier alpha value is -2.56. The zero-order valence-electron chi connectivity index (χ0n) is 11.3. The lowest BCUT2D eigenvalue weighted by Crippen LogP contribution is -2.11. The molecule has 2 aromatic rings. The van der Waals surface area contributed by atoms with E-state index < -0.39 is 0 Å². The maximum atomic E-state index is 7.44. The minimum absolute atomic E-state index is 0.00206. The van der Waals surface area contributed by atoms with Gasteiger partial charge in [-0.3, -0.25) is 10.4 Å². The van der Waals surface area contributed by atoms with Gasteiger partial charge in [0.1, 0.15) is 12.4 Å². The van der Waals surface area contributed by atoms with Crippen LogP contribution >= 0.6 is 0 Å². The van der Waals surface area contributed by atoms with Crippen molar-refractivity contribution in [3.63, 3.8) is 0 Å². The van der Waals surface area contributed by atoms with Crippen LogP contribution in [0.3, 0.4) is 0 Å². The second-order valence-electron chi connectivity index (χ2n) is 4.12. The second kappa shape index (κ2) is 6.56. The van der Waals surface area contributed by atoms with Crippen molar-refractivity contribution in [2.24, 2.45) is 5.73 Å². The van der Waals surface area contributed by atoms with Gasteiger partial charge in [-0.15, -0.1) is 0 Å². The normalized spacial score (nSPS) is 10.1. The van der Waals surface area contributed by atoms with Gasteiger partial charge in [0.15, 0.2) is 11.5 Å². The van der Waals surface area contributed by atoms with Crippen LogP contribution in [0.4, 0.5) is 0 Å². The maximum Gasteiger partial charge on any atom is 0.161 e. The van der Waals surface area contributed by atoms with Crippen LogP contribution in [0.5, 0.6) is 11.5 Å². The molecule has 0 aliphatic heterocycles. The summed E-state index contributed by atoms with van der Waals surface area (Å²) in [5, 5.41) is 7.44. The number of hydrogen-bond acceptors (Lipinski definition) is 4. The summed E-state index contributed by atoms with van der Waals surface area (Å²) in [4.78, 5) is 4.20. The molecule has 0 saturated carbocycles. The standard InChI is InChI=1S/C15H17N3O2/c1-2-19-14-9-11(15(16)17)6-7-13(14)20-10-12-5-3-4-8-18-12/h3-9H,2,10H2,1H3,(H3,16,17). The van der Waals surface area contributed by atoms with Crippen molar-refractivity contribution in [2.75, 3.05) is 6.61 Å². The highest BCUT2D eigenvalue weighted by Gasteiger charge is 2.08. The van der Waals surface area contributed by atoms with Crippen LogP contribution in [-0.2, 0) is 6.61 Å². The van der Waals surface area contributed by atoms with Gasteiger partial charge in [-0.2, -0.15) is 0 Å². The van der Waals surface area contributed by atoms with Gasteiger partial charge in [-0.25, -0.2) is 0 Å². The van der Waals surface area contributed by atoms with Crippen molar-refractivity contribution >= 4 is 5.84 Å². The average Bonchev–Trinajstić information content (AvgIpc) is 2.47. The Balaban J connectivity index is 2.16. The third kappa shape index (κ3) is 3.47. The lowest BCUT2D eigenvalue weighted by atomic mass is 10.2. The zero-order chi connectivity index (χ0) is 14.4. The summed E-state index contributed by atoms with van der Waals surface area (Å²) in [6, 6.07) is 10.9. The Morgan fingerprint density at radius 3 is 2.70 bits per heavy atom. The molecule has 3 N–H and O–H groups in total. The molecule has 0 saturated heterocycles. The molecule has 104 valence electrons. The van der Waals surface area contributed by atoms with E-state index in [1.54, 1.807) is 24.4 Å². The van der Waals surface area contributed by atoms with Crippen LogP contribution in [-0.4, -0.2) is 17.4 Å². The quantitative estimate of drug-likeness (QED) is 0.624. The first-order chi connectivity index (χ1) is 9.70. The van der Waals surface area contributed by atoms with E-state index in [1.165, 1.54) is 0 Å².